The second-order valence-corrected chi connectivity index (χ2v) is 6.32. The Labute approximate surface area is 114 Å². The quantitative estimate of drug-likeness (QED) is 0.779. The summed E-state index contributed by atoms with van der Waals surface area (Å²) in [5, 5.41) is 0. The number of rotatable bonds is 3. The minimum atomic E-state index is -0.403. The molecule has 19 heavy (non-hydrogen) atoms. The van der Waals surface area contributed by atoms with Crippen molar-refractivity contribution in [2.24, 2.45) is 0 Å². The van der Waals surface area contributed by atoms with Crippen LogP contribution in [0.1, 0.15) is 40.5 Å². The van der Waals surface area contributed by atoms with Gasteiger partial charge in [-0.2, -0.15) is 0 Å². The third-order valence-corrected chi connectivity index (χ3v) is 4.08. The van der Waals surface area contributed by atoms with Crippen LogP contribution in [-0.2, 0) is 9.31 Å². The summed E-state index contributed by atoms with van der Waals surface area (Å²) in [7, 11) is -0.403. The van der Waals surface area contributed by atoms with Crippen LogP contribution in [0.4, 0.5) is 0 Å². The van der Waals surface area contributed by atoms with Gasteiger partial charge in [0.15, 0.2) is 0 Å². The number of aromatic nitrogens is 1. The highest BCUT2D eigenvalue weighted by Gasteiger charge is 2.52. The summed E-state index contributed by atoms with van der Waals surface area (Å²) in [6.45, 7) is 8.16. The SMILES string of the molecule is CC1(C)OB(c2ccc(OC3CC3)cn2)OC1(C)C. The maximum atomic E-state index is 5.96. The molecule has 2 heterocycles. The Morgan fingerprint density at radius 3 is 2.26 bits per heavy atom. The van der Waals surface area contributed by atoms with Crippen molar-refractivity contribution >= 4 is 12.7 Å². The summed E-state index contributed by atoms with van der Waals surface area (Å²) in [6.07, 6.45) is 4.45. The minimum Gasteiger partial charge on any atom is -0.489 e. The van der Waals surface area contributed by atoms with Crippen molar-refractivity contribution in [2.45, 2.75) is 57.8 Å². The fraction of sp³-hybridized carbons (Fsp3) is 0.643. The van der Waals surface area contributed by atoms with Crippen molar-refractivity contribution in [3.8, 4) is 5.75 Å². The first kappa shape index (κ1) is 12.9. The van der Waals surface area contributed by atoms with Crippen LogP contribution < -0.4 is 10.3 Å². The normalized spacial score (nSPS) is 24.5. The number of nitrogens with zero attached hydrogens (tertiary/aromatic N) is 1. The fourth-order valence-electron chi connectivity index (χ4n) is 1.94. The van der Waals surface area contributed by atoms with Gasteiger partial charge in [-0.25, -0.2) is 0 Å². The molecule has 0 bridgehead atoms. The molecule has 0 unspecified atom stereocenters. The molecule has 2 aliphatic rings. The summed E-state index contributed by atoms with van der Waals surface area (Å²) >= 11 is 0. The molecule has 0 aromatic carbocycles. The average molecular weight is 261 g/mol. The zero-order valence-corrected chi connectivity index (χ0v) is 12.0. The Morgan fingerprint density at radius 1 is 1.16 bits per heavy atom. The van der Waals surface area contributed by atoms with Gasteiger partial charge in [-0.15, -0.1) is 0 Å². The van der Waals surface area contributed by atoms with Crippen LogP contribution in [0.25, 0.3) is 0 Å². The van der Waals surface area contributed by atoms with E-state index in [0.29, 0.717) is 6.10 Å². The smallest absolute Gasteiger partial charge is 0.489 e. The molecular formula is C14H20BNO3. The molecule has 1 saturated carbocycles. The van der Waals surface area contributed by atoms with Gasteiger partial charge in [0, 0.05) is 0 Å². The maximum absolute atomic E-state index is 5.96. The van der Waals surface area contributed by atoms with E-state index < -0.39 is 7.12 Å². The molecule has 1 aromatic heterocycles. The van der Waals surface area contributed by atoms with Crippen molar-refractivity contribution < 1.29 is 14.0 Å². The van der Waals surface area contributed by atoms with Crippen LogP contribution in [0, 0.1) is 0 Å². The lowest BCUT2D eigenvalue weighted by atomic mass is 9.84. The second-order valence-electron chi connectivity index (χ2n) is 6.32. The van der Waals surface area contributed by atoms with E-state index in [4.69, 9.17) is 14.0 Å². The molecule has 1 saturated heterocycles. The second kappa shape index (κ2) is 4.22. The molecule has 5 heteroatoms. The van der Waals surface area contributed by atoms with E-state index in [0.717, 1.165) is 24.2 Å². The summed E-state index contributed by atoms with van der Waals surface area (Å²) < 4.78 is 17.6. The number of hydrogen-bond donors (Lipinski definition) is 0. The van der Waals surface area contributed by atoms with Gasteiger partial charge in [-0.1, -0.05) is 0 Å². The monoisotopic (exact) mass is 261 g/mol. The molecule has 102 valence electrons. The van der Waals surface area contributed by atoms with Crippen molar-refractivity contribution in [1.29, 1.82) is 0 Å². The van der Waals surface area contributed by atoms with Gasteiger partial charge >= 0.3 is 7.12 Å². The summed E-state index contributed by atoms with van der Waals surface area (Å²) in [6, 6.07) is 3.85. The van der Waals surface area contributed by atoms with Crippen molar-refractivity contribution in [3.05, 3.63) is 18.3 Å². The van der Waals surface area contributed by atoms with Gasteiger partial charge < -0.3 is 14.0 Å². The van der Waals surface area contributed by atoms with E-state index in [1.54, 1.807) is 6.20 Å². The van der Waals surface area contributed by atoms with Crippen LogP contribution >= 0.6 is 0 Å². The fourth-order valence-corrected chi connectivity index (χ4v) is 1.94. The lowest BCUT2D eigenvalue weighted by molar-refractivity contribution is 0.00578. The van der Waals surface area contributed by atoms with Gasteiger partial charge in [0.1, 0.15) is 5.75 Å². The van der Waals surface area contributed by atoms with Crippen LogP contribution in [0.5, 0.6) is 5.75 Å². The molecule has 1 aromatic rings. The highest BCUT2D eigenvalue weighted by molar-refractivity contribution is 6.61. The van der Waals surface area contributed by atoms with E-state index in [1.807, 2.05) is 39.8 Å². The van der Waals surface area contributed by atoms with Gasteiger partial charge in [0.25, 0.3) is 0 Å². The van der Waals surface area contributed by atoms with Crippen LogP contribution in [0.3, 0.4) is 0 Å². The van der Waals surface area contributed by atoms with E-state index in [9.17, 15) is 0 Å². The molecule has 0 N–H and O–H groups in total. The first-order valence-corrected chi connectivity index (χ1v) is 6.86. The molecule has 0 radical (unpaired) electrons. The lowest BCUT2D eigenvalue weighted by Crippen LogP contribution is -2.41. The first-order chi connectivity index (χ1) is 8.87. The third-order valence-electron chi connectivity index (χ3n) is 4.08. The van der Waals surface area contributed by atoms with Crippen molar-refractivity contribution in [3.63, 3.8) is 0 Å². The zero-order valence-electron chi connectivity index (χ0n) is 12.0. The third kappa shape index (κ3) is 2.49. The van der Waals surface area contributed by atoms with Gasteiger partial charge in [-0.3, -0.25) is 4.98 Å². The molecule has 0 amide bonds. The Morgan fingerprint density at radius 2 is 1.79 bits per heavy atom. The molecule has 2 fully saturated rings. The topological polar surface area (TPSA) is 40.6 Å². The van der Waals surface area contributed by atoms with Crippen LogP contribution in [-0.4, -0.2) is 29.4 Å². The molecule has 0 spiro atoms. The predicted octanol–water partition coefficient (Wildman–Crippen LogP) is 1.92. The molecule has 0 atom stereocenters. The van der Waals surface area contributed by atoms with E-state index in [2.05, 4.69) is 4.98 Å². The molecule has 1 aliphatic carbocycles. The molecular weight excluding hydrogens is 241 g/mol. The maximum Gasteiger partial charge on any atom is 0.514 e. The van der Waals surface area contributed by atoms with Gasteiger partial charge in [0.05, 0.1) is 29.1 Å². The van der Waals surface area contributed by atoms with Crippen molar-refractivity contribution in [1.82, 2.24) is 4.98 Å². The van der Waals surface area contributed by atoms with Crippen LogP contribution in [0.2, 0.25) is 0 Å². The summed E-state index contributed by atoms with van der Waals surface area (Å²) in [5.74, 6) is 0.822. The highest BCUT2D eigenvalue weighted by Crippen LogP contribution is 2.36. The molecule has 4 nitrogen and oxygen atoms in total. The van der Waals surface area contributed by atoms with E-state index >= 15 is 0 Å². The van der Waals surface area contributed by atoms with Gasteiger partial charge in [-0.05, 0) is 52.7 Å². The Hall–Kier alpha value is -1.07. The predicted molar refractivity (Wildman–Crippen MR) is 73.6 cm³/mol. The highest BCUT2D eigenvalue weighted by atomic mass is 16.7. The average Bonchev–Trinajstić information content (AvgIpc) is 3.08. The Balaban J connectivity index is 1.72. The standard InChI is InChI=1S/C14H20BNO3/c1-13(2)14(3,4)19-15(18-13)12-8-7-11(9-16-12)17-10-5-6-10/h7-10H,5-6H2,1-4H3. The minimum absolute atomic E-state index is 0.331. The van der Waals surface area contributed by atoms with Crippen LogP contribution in [0.15, 0.2) is 18.3 Å². The van der Waals surface area contributed by atoms with Crippen molar-refractivity contribution in [2.75, 3.05) is 0 Å². The molecule has 3 rings (SSSR count). The number of ether oxygens (including phenoxy) is 1. The van der Waals surface area contributed by atoms with E-state index in [-0.39, 0.29) is 11.2 Å². The summed E-state index contributed by atoms with van der Waals surface area (Å²) in [5.41, 5.74) is 0.132. The van der Waals surface area contributed by atoms with E-state index in [1.165, 1.54) is 0 Å². The first-order valence-electron chi connectivity index (χ1n) is 6.86. The number of pyridine rings is 1. The lowest BCUT2D eigenvalue weighted by Gasteiger charge is -2.32. The molecule has 1 aliphatic heterocycles. The number of hydrogen-bond acceptors (Lipinski definition) is 4. The Kier molecular flexibility index (Phi) is 2.87. The Bertz CT molecular complexity index is 452. The zero-order chi connectivity index (χ0) is 13.7. The largest absolute Gasteiger partial charge is 0.514 e. The van der Waals surface area contributed by atoms with Gasteiger partial charge in [0.2, 0.25) is 0 Å². The summed E-state index contributed by atoms with van der Waals surface area (Å²) in [4.78, 5) is 4.40.